The second-order valence-corrected chi connectivity index (χ2v) is 5.54. The summed E-state index contributed by atoms with van der Waals surface area (Å²) in [6.07, 6.45) is 0. The van der Waals surface area contributed by atoms with Crippen LogP contribution in [0, 0.1) is 6.92 Å². The van der Waals surface area contributed by atoms with Crippen LogP contribution in [0.25, 0.3) is 0 Å². The van der Waals surface area contributed by atoms with Crippen molar-refractivity contribution in [2.24, 2.45) is 5.73 Å². The zero-order chi connectivity index (χ0) is 13.7. The van der Waals surface area contributed by atoms with Gasteiger partial charge in [-0.3, -0.25) is 0 Å². The number of hydrogen-bond acceptors (Lipinski definition) is 3. The van der Waals surface area contributed by atoms with Crippen molar-refractivity contribution >= 4 is 11.8 Å². The molecular formula is C16H19NOS. The van der Waals surface area contributed by atoms with Gasteiger partial charge >= 0.3 is 0 Å². The van der Waals surface area contributed by atoms with Crippen LogP contribution in [0.3, 0.4) is 0 Å². The van der Waals surface area contributed by atoms with E-state index >= 15 is 0 Å². The SMILES string of the molecule is COc1ccccc1SCC(N)c1ccc(C)cc1. The monoisotopic (exact) mass is 273 g/mol. The summed E-state index contributed by atoms with van der Waals surface area (Å²) in [5.74, 6) is 1.74. The van der Waals surface area contributed by atoms with Gasteiger partial charge < -0.3 is 10.5 Å². The molecular weight excluding hydrogens is 254 g/mol. The van der Waals surface area contributed by atoms with E-state index in [0.717, 1.165) is 16.4 Å². The van der Waals surface area contributed by atoms with Crippen molar-refractivity contribution < 1.29 is 4.74 Å². The van der Waals surface area contributed by atoms with Gasteiger partial charge in [-0.1, -0.05) is 42.0 Å². The number of hydrogen-bond donors (Lipinski definition) is 1. The predicted octanol–water partition coefficient (Wildman–Crippen LogP) is 3.80. The van der Waals surface area contributed by atoms with Gasteiger partial charge in [-0.05, 0) is 24.6 Å². The molecule has 2 N–H and O–H groups in total. The summed E-state index contributed by atoms with van der Waals surface area (Å²) in [5.41, 5.74) is 8.65. The smallest absolute Gasteiger partial charge is 0.132 e. The summed E-state index contributed by atoms with van der Waals surface area (Å²) >= 11 is 1.73. The second-order valence-electron chi connectivity index (χ2n) is 4.48. The van der Waals surface area contributed by atoms with Gasteiger partial charge in [0.2, 0.25) is 0 Å². The van der Waals surface area contributed by atoms with E-state index in [9.17, 15) is 0 Å². The van der Waals surface area contributed by atoms with E-state index in [-0.39, 0.29) is 6.04 Å². The Kier molecular flexibility index (Phi) is 4.88. The Morgan fingerprint density at radius 2 is 1.79 bits per heavy atom. The third-order valence-corrected chi connectivity index (χ3v) is 4.17. The Bertz CT molecular complexity index is 525. The largest absolute Gasteiger partial charge is 0.496 e. The van der Waals surface area contributed by atoms with E-state index < -0.39 is 0 Å². The highest BCUT2D eigenvalue weighted by molar-refractivity contribution is 7.99. The molecule has 19 heavy (non-hydrogen) atoms. The van der Waals surface area contributed by atoms with Gasteiger partial charge in [-0.25, -0.2) is 0 Å². The van der Waals surface area contributed by atoms with Crippen molar-refractivity contribution in [1.82, 2.24) is 0 Å². The van der Waals surface area contributed by atoms with Crippen LogP contribution in [0.5, 0.6) is 5.75 Å². The maximum Gasteiger partial charge on any atom is 0.132 e. The second kappa shape index (κ2) is 6.64. The predicted molar refractivity (Wildman–Crippen MR) is 81.8 cm³/mol. The highest BCUT2D eigenvalue weighted by Gasteiger charge is 2.08. The van der Waals surface area contributed by atoms with Crippen LogP contribution in [0.1, 0.15) is 17.2 Å². The molecule has 2 rings (SSSR count). The van der Waals surface area contributed by atoms with Gasteiger partial charge in [0, 0.05) is 16.7 Å². The molecule has 0 radical (unpaired) electrons. The summed E-state index contributed by atoms with van der Waals surface area (Å²) in [4.78, 5) is 1.13. The minimum atomic E-state index is 0.0375. The Hall–Kier alpha value is -1.45. The molecule has 0 aliphatic carbocycles. The van der Waals surface area contributed by atoms with Gasteiger partial charge in [-0.2, -0.15) is 0 Å². The molecule has 0 aliphatic rings. The first-order valence-corrected chi connectivity index (χ1v) is 7.27. The summed E-state index contributed by atoms with van der Waals surface area (Å²) in [6.45, 7) is 2.08. The van der Waals surface area contributed by atoms with E-state index in [1.165, 1.54) is 11.1 Å². The number of thioether (sulfide) groups is 1. The first-order chi connectivity index (χ1) is 9.20. The zero-order valence-corrected chi connectivity index (χ0v) is 12.1. The molecule has 100 valence electrons. The fourth-order valence-electron chi connectivity index (χ4n) is 1.83. The Morgan fingerprint density at radius 1 is 1.11 bits per heavy atom. The number of nitrogens with two attached hydrogens (primary N) is 1. The van der Waals surface area contributed by atoms with Crippen LogP contribution in [-0.2, 0) is 0 Å². The van der Waals surface area contributed by atoms with Gasteiger partial charge in [0.15, 0.2) is 0 Å². The molecule has 1 unspecified atom stereocenters. The van der Waals surface area contributed by atoms with E-state index in [2.05, 4.69) is 37.3 Å². The third kappa shape index (κ3) is 3.75. The van der Waals surface area contributed by atoms with E-state index in [4.69, 9.17) is 10.5 Å². The van der Waals surface area contributed by atoms with E-state index in [1.54, 1.807) is 18.9 Å². The normalized spacial score (nSPS) is 12.2. The van der Waals surface area contributed by atoms with E-state index in [0.29, 0.717) is 0 Å². The summed E-state index contributed by atoms with van der Waals surface area (Å²) in [5, 5.41) is 0. The molecule has 0 heterocycles. The maximum absolute atomic E-state index is 6.22. The topological polar surface area (TPSA) is 35.2 Å². The average molecular weight is 273 g/mol. The van der Waals surface area contributed by atoms with Crippen LogP contribution in [-0.4, -0.2) is 12.9 Å². The van der Waals surface area contributed by atoms with Crippen LogP contribution in [0.4, 0.5) is 0 Å². The van der Waals surface area contributed by atoms with Crippen LogP contribution < -0.4 is 10.5 Å². The van der Waals surface area contributed by atoms with E-state index in [1.807, 2.05) is 18.2 Å². The fourth-order valence-corrected chi connectivity index (χ4v) is 2.85. The van der Waals surface area contributed by atoms with Gasteiger partial charge in [0.1, 0.15) is 5.75 Å². The minimum absolute atomic E-state index is 0.0375. The minimum Gasteiger partial charge on any atom is -0.496 e. The lowest BCUT2D eigenvalue weighted by Crippen LogP contribution is -2.12. The first kappa shape index (κ1) is 14.0. The lowest BCUT2D eigenvalue weighted by molar-refractivity contribution is 0.405. The number of methoxy groups -OCH3 is 1. The van der Waals surface area contributed by atoms with Gasteiger partial charge in [0.25, 0.3) is 0 Å². The zero-order valence-electron chi connectivity index (χ0n) is 11.3. The molecule has 1 atom stereocenters. The Labute approximate surface area is 119 Å². The lowest BCUT2D eigenvalue weighted by Gasteiger charge is -2.13. The molecule has 2 nitrogen and oxygen atoms in total. The Morgan fingerprint density at radius 3 is 2.47 bits per heavy atom. The number of benzene rings is 2. The number of ether oxygens (including phenoxy) is 1. The van der Waals surface area contributed by atoms with Crippen molar-refractivity contribution in [3.8, 4) is 5.75 Å². The van der Waals surface area contributed by atoms with Gasteiger partial charge in [-0.15, -0.1) is 11.8 Å². The highest BCUT2D eigenvalue weighted by Crippen LogP contribution is 2.31. The fraction of sp³-hybridized carbons (Fsp3) is 0.250. The lowest BCUT2D eigenvalue weighted by atomic mass is 10.1. The molecule has 0 fully saturated rings. The standard InChI is InChI=1S/C16H19NOS/c1-12-7-9-13(10-8-12)14(17)11-19-16-6-4-3-5-15(16)18-2/h3-10,14H,11,17H2,1-2H3. The molecule has 0 amide bonds. The third-order valence-electron chi connectivity index (χ3n) is 2.99. The summed E-state index contributed by atoms with van der Waals surface area (Å²) in [6, 6.07) is 16.5. The first-order valence-electron chi connectivity index (χ1n) is 6.28. The number of rotatable bonds is 5. The number of para-hydroxylation sites is 1. The molecule has 0 saturated heterocycles. The van der Waals surface area contributed by atoms with Crippen molar-refractivity contribution in [2.45, 2.75) is 17.9 Å². The van der Waals surface area contributed by atoms with Crippen molar-refractivity contribution in [3.63, 3.8) is 0 Å². The molecule has 2 aromatic rings. The van der Waals surface area contributed by atoms with Crippen molar-refractivity contribution in [1.29, 1.82) is 0 Å². The van der Waals surface area contributed by atoms with Gasteiger partial charge in [0.05, 0.1) is 7.11 Å². The van der Waals surface area contributed by atoms with Crippen LogP contribution in [0.15, 0.2) is 53.4 Å². The van der Waals surface area contributed by atoms with Crippen molar-refractivity contribution in [3.05, 3.63) is 59.7 Å². The van der Waals surface area contributed by atoms with Crippen LogP contribution >= 0.6 is 11.8 Å². The molecule has 0 spiro atoms. The molecule has 2 aromatic carbocycles. The Balaban J connectivity index is 2.00. The average Bonchev–Trinajstić information content (AvgIpc) is 2.45. The van der Waals surface area contributed by atoms with Crippen molar-refractivity contribution in [2.75, 3.05) is 12.9 Å². The molecule has 3 heteroatoms. The maximum atomic E-state index is 6.22. The summed E-state index contributed by atoms with van der Waals surface area (Å²) < 4.78 is 5.34. The molecule has 0 bridgehead atoms. The molecule has 0 aliphatic heterocycles. The highest BCUT2D eigenvalue weighted by atomic mass is 32.2. The molecule has 0 saturated carbocycles. The van der Waals surface area contributed by atoms with Crippen LogP contribution in [0.2, 0.25) is 0 Å². The summed E-state index contributed by atoms with van der Waals surface area (Å²) in [7, 11) is 1.69. The quantitative estimate of drug-likeness (QED) is 0.842. The molecule has 0 aromatic heterocycles. The number of aryl methyl sites for hydroxylation is 1.